The second-order valence-electron chi connectivity index (χ2n) is 4.41. The monoisotopic (exact) mass is 299 g/mol. The van der Waals surface area contributed by atoms with Gasteiger partial charge in [0.15, 0.2) is 0 Å². The largest absolute Gasteiger partial charge is 0.383 e. The van der Waals surface area contributed by atoms with E-state index in [0.717, 1.165) is 19.6 Å². The third kappa shape index (κ3) is 5.19. The van der Waals surface area contributed by atoms with Crippen LogP contribution in [-0.4, -0.2) is 19.8 Å². The van der Waals surface area contributed by atoms with Gasteiger partial charge in [0, 0.05) is 24.2 Å². The molecule has 0 bridgehead atoms. The van der Waals surface area contributed by atoms with Crippen molar-refractivity contribution in [1.29, 1.82) is 0 Å². The van der Waals surface area contributed by atoms with Gasteiger partial charge in [-0.1, -0.05) is 41.4 Å². The van der Waals surface area contributed by atoms with Gasteiger partial charge >= 0.3 is 0 Å². The number of methoxy groups -OCH3 is 1. The Morgan fingerprint density at radius 3 is 2.76 bits per heavy atom. The summed E-state index contributed by atoms with van der Waals surface area (Å²) in [6.45, 7) is 5.98. The summed E-state index contributed by atoms with van der Waals surface area (Å²) in [4.78, 5) is 0. The number of halogens is 1. The summed E-state index contributed by atoms with van der Waals surface area (Å²) in [5.41, 5.74) is 2.58. The number of benzene rings is 1. The summed E-state index contributed by atoms with van der Waals surface area (Å²) in [6, 6.07) is 6.94. The standard InChI is InChI=1S/C14H22BrNO/c1-4-5-13(10-17-3)16-9-12-7-6-11(2)14(15)8-12/h6-8,13,16H,4-5,9-10H2,1-3H3. The van der Waals surface area contributed by atoms with E-state index in [0.29, 0.717) is 6.04 Å². The van der Waals surface area contributed by atoms with Gasteiger partial charge < -0.3 is 10.1 Å². The highest BCUT2D eigenvalue weighted by Gasteiger charge is 2.06. The average molecular weight is 300 g/mol. The molecule has 0 aliphatic carbocycles. The smallest absolute Gasteiger partial charge is 0.0615 e. The number of nitrogens with one attached hydrogen (secondary N) is 1. The van der Waals surface area contributed by atoms with Gasteiger partial charge in [-0.25, -0.2) is 0 Å². The molecule has 1 aromatic rings. The molecule has 0 radical (unpaired) electrons. The summed E-state index contributed by atoms with van der Waals surface area (Å²) in [5.74, 6) is 0. The van der Waals surface area contributed by atoms with Crippen LogP contribution in [0.3, 0.4) is 0 Å². The number of rotatable bonds is 7. The average Bonchev–Trinajstić information content (AvgIpc) is 2.31. The van der Waals surface area contributed by atoms with Gasteiger partial charge in [0.25, 0.3) is 0 Å². The third-order valence-corrected chi connectivity index (χ3v) is 3.69. The second kappa shape index (κ2) is 7.85. The van der Waals surface area contributed by atoms with Gasteiger partial charge in [-0.3, -0.25) is 0 Å². The topological polar surface area (TPSA) is 21.3 Å². The molecule has 1 unspecified atom stereocenters. The highest BCUT2D eigenvalue weighted by Crippen LogP contribution is 2.17. The number of hydrogen-bond acceptors (Lipinski definition) is 2. The van der Waals surface area contributed by atoms with E-state index < -0.39 is 0 Å². The van der Waals surface area contributed by atoms with E-state index in [-0.39, 0.29) is 0 Å². The molecule has 0 heterocycles. The zero-order chi connectivity index (χ0) is 12.7. The van der Waals surface area contributed by atoms with Crippen molar-refractivity contribution in [2.45, 2.75) is 39.3 Å². The summed E-state index contributed by atoms with van der Waals surface area (Å²) < 4.78 is 6.39. The highest BCUT2D eigenvalue weighted by molar-refractivity contribution is 9.10. The molecule has 0 spiro atoms. The molecule has 0 fully saturated rings. The van der Waals surface area contributed by atoms with Crippen LogP contribution in [-0.2, 0) is 11.3 Å². The maximum atomic E-state index is 5.22. The Bertz CT molecular complexity index is 335. The lowest BCUT2D eigenvalue weighted by Gasteiger charge is -2.17. The van der Waals surface area contributed by atoms with E-state index in [9.17, 15) is 0 Å². The molecule has 0 aliphatic rings. The normalized spacial score (nSPS) is 12.7. The van der Waals surface area contributed by atoms with Crippen molar-refractivity contribution in [2.24, 2.45) is 0 Å². The number of ether oxygens (including phenoxy) is 1. The van der Waals surface area contributed by atoms with Crippen molar-refractivity contribution in [3.05, 3.63) is 33.8 Å². The third-order valence-electron chi connectivity index (χ3n) is 2.84. The van der Waals surface area contributed by atoms with Gasteiger partial charge in [0.05, 0.1) is 6.61 Å². The quantitative estimate of drug-likeness (QED) is 0.829. The summed E-state index contributed by atoms with van der Waals surface area (Å²) in [7, 11) is 1.76. The summed E-state index contributed by atoms with van der Waals surface area (Å²) >= 11 is 3.56. The van der Waals surface area contributed by atoms with E-state index in [1.54, 1.807) is 7.11 Å². The van der Waals surface area contributed by atoms with Crippen LogP contribution in [0.15, 0.2) is 22.7 Å². The van der Waals surface area contributed by atoms with Crippen molar-refractivity contribution in [1.82, 2.24) is 5.32 Å². The molecule has 1 aromatic carbocycles. The summed E-state index contributed by atoms with van der Waals surface area (Å²) in [5, 5.41) is 3.54. The first-order valence-electron chi connectivity index (χ1n) is 6.14. The molecule has 0 amide bonds. The molecule has 0 saturated heterocycles. The first-order chi connectivity index (χ1) is 8.17. The molecule has 1 atom stereocenters. The van der Waals surface area contributed by atoms with Crippen LogP contribution in [0.25, 0.3) is 0 Å². The molecule has 0 saturated carbocycles. The SMILES string of the molecule is CCCC(COC)NCc1ccc(C)c(Br)c1. The van der Waals surface area contributed by atoms with Gasteiger partial charge in [-0.05, 0) is 30.5 Å². The Kier molecular flexibility index (Phi) is 6.78. The van der Waals surface area contributed by atoms with E-state index in [4.69, 9.17) is 4.74 Å². The van der Waals surface area contributed by atoms with Crippen LogP contribution in [0.2, 0.25) is 0 Å². The van der Waals surface area contributed by atoms with Gasteiger partial charge in [0.2, 0.25) is 0 Å². The van der Waals surface area contributed by atoms with Crippen LogP contribution in [0.1, 0.15) is 30.9 Å². The van der Waals surface area contributed by atoms with Crippen molar-refractivity contribution >= 4 is 15.9 Å². The molecule has 0 aromatic heterocycles. The van der Waals surface area contributed by atoms with E-state index in [2.05, 4.69) is 53.3 Å². The lowest BCUT2D eigenvalue weighted by atomic mass is 10.1. The lowest BCUT2D eigenvalue weighted by molar-refractivity contribution is 0.161. The van der Waals surface area contributed by atoms with Gasteiger partial charge in [-0.2, -0.15) is 0 Å². The maximum absolute atomic E-state index is 5.22. The predicted molar refractivity (Wildman–Crippen MR) is 76.3 cm³/mol. The van der Waals surface area contributed by atoms with E-state index in [1.165, 1.54) is 22.0 Å². The highest BCUT2D eigenvalue weighted by atomic mass is 79.9. The Hall–Kier alpha value is -0.380. The van der Waals surface area contributed by atoms with Crippen LogP contribution >= 0.6 is 15.9 Å². The zero-order valence-electron chi connectivity index (χ0n) is 10.9. The van der Waals surface area contributed by atoms with Gasteiger partial charge in [0.1, 0.15) is 0 Å². The molecule has 96 valence electrons. The zero-order valence-corrected chi connectivity index (χ0v) is 12.5. The molecular weight excluding hydrogens is 278 g/mol. The fraction of sp³-hybridized carbons (Fsp3) is 0.571. The minimum atomic E-state index is 0.449. The van der Waals surface area contributed by atoms with Crippen molar-refractivity contribution in [2.75, 3.05) is 13.7 Å². The molecule has 0 aliphatic heterocycles. The minimum Gasteiger partial charge on any atom is -0.383 e. The van der Waals surface area contributed by atoms with E-state index >= 15 is 0 Å². The minimum absolute atomic E-state index is 0.449. The molecular formula is C14H22BrNO. The van der Waals surface area contributed by atoms with Crippen molar-refractivity contribution in [3.63, 3.8) is 0 Å². The first kappa shape index (κ1) is 14.7. The molecule has 1 N–H and O–H groups in total. The second-order valence-corrected chi connectivity index (χ2v) is 5.26. The molecule has 17 heavy (non-hydrogen) atoms. The summed E-state index contributed by atoms with van der Waals surface area (Å²) in [6.07, 6.45) is 2.33. The van der Waals surface area contributed by atoms with E-state index in [1.807, 2.05) is 0 Å². The molecule has 1 rings (SSSR count). The van der Waals surface area contributed by atoms with Crippen molar-refractivity contribution in [3.8, 4) is 0 Å². The maximum Gasteiger partial charge on any atom is 0.0615 e. The predicted octanol–water partition coefficient (Wildman–Crippen LogP) is 3.66. The Morgan fingerprint density at radius 1 is 1.41 bits per heavy atom. The first-order valence-corrected chi connectivity index (χ1v) is 6.94. The fourth-order valence-corrected chi connectivity index (χ4v) is 2.23. The Balaban J connectivity index is 2.49. The number of hydrogen-bond donors (Lipinski definition) is 1. The van der Waals surface area contributed by atoms with Crippen molar-refractivity contribution < 1.29 is 4.74 Å². The molecule has 2 nitrogen and oxygen atoms in total. The lowest BCUT2D eigenvalue weighted by Crippen LogP contribution is -2.32. The van der Waals surface area contributed by atoms with Crippen LogP contribution in [0.5, 0.6) is 0 Å². The fourth-order valence-electron chi connectivity index (χ4n) is 1.80. The van der Waals surface area contributed by atoms with Crippen LogP contribution in [0, 0.1) is 6.92 Å². The van der Waals surface area contributed by atoms with Gasteiger partial charge in [-0.15, -0.1) is 0 Å². The number of aryl methyl sites for hydroxylation is 1. The Morgan fingerprint density at radius 2 is 2.18 bits per heavy atom. The van der Waals surface area contributed by atoms with Crippen LogP contribution in [0.4, 0.5) is 0 Å². The Labute approximate surface area is 113 Å². The van der Waals surface area contributed by atoms with Crippen LogP contribution < -0.4 is 5.32 Å². The molecule has 3 heteroatoms.